The van der Waals surface area contributed by atoms with Crippen LogP contribution in [0.4, 0.5) is 0 Å². The van der Waals surface area contributed by atoms with E-state index in [1.54, 1.807) is 16.9 Å². The number of tetrazole rings is 1. The van der Waals surface area contributed by atoms with E-state index >= 15 is 0 Å². The Bertz CT molecular complexity index is 1300. The summed E-state index contributed by atoms with van der Waals surface area (Å²) in [5, 5.41) is 16.7. The molecule has 4 aromatic rings. The van der Waals surface area contributed by atoms with Gasteiger partial charge in [-0.2, -0.15) is 4.98 Å². The number of benzene rings is 1. The number of pyridine rings is 1. The van der Waals surface area contributed by atoms with Crippen molar-refractivity contribution in [2.24, 2.45) is 7.05 Å². The standard InChI is InChI=1S/C23H24ClN7O2/c1-12(2)32-23-19(24)10-14(11-25-23)22-26-20(28-33-22)18-9-8-17-15(6-5-7-16(17)18)13(3)21-27-29-30-31(21)4/h5-7,10-13,18H,8-9H2,1-4H3/t13-,18-/m1/s1. The molecule has 3 aromatic heterocycles. The fraction of sp³-hybridized carbons (Fsp3) is 0.391. The lowest BCUT2D eigenvalue weighted by atomic mass is 9.91. The second-order valence-corrected chi connectivity index (χ2v) is 8.93. The van der Waals surface area contributed by atoms with Crippen LogP contribution in [-0.4, -0.2) is 41.4 Å². The maximum Gasteiger partial charge on any atom is 0.259 e. The zero-order valence-corrected chi connectivity index (χ0v) is 19.6. The quantitative estimate of drug-likeness (QED) is 0.414. The first-order valence-electron chi connectivity index (χ1n) is 10.9. The fourth-order valence-electron chi connectivity index (χ4n) is 4.44. The van der Waals surface area contributed by atoms with Crippen molar-refractivity contribution in [1.29, 1.82) is 0 Å². The molecule has 0 aliphatic heterocycles. The average molecular weight is 466 g/mol. The van der Waals surface area contributed by atoms with E-state index in [4.69, 9.17) is 20.9 Å². The molecule has 0 bridgehead atoms. The number of aryl methyl sites for hydroxylation is 1. The lowest BCUT2D eigenvalue weighted by molar-refractivity contribution is 0.233. The van der Waals surface area contributed by atoms with Gasteiger partial charge in [0, 0.05) is 25.1 Å². The van der Waals surface area contributed by atoms with E-state index in [1.165, 1.54) is 16.7 Å². The SMILES string of the molecule is CC(C)Oc1ncc(-c2nc([C@@H]3CCc4c([C@@H](C)c5nnnn5C)cccc43)no2)cc1Cl. The topological polar surface area (TPSA) is 105 Å². The third kappa shape index (κ3) is 3.97. The second kappa shape index (κ2) is 8.55. The Labute approximate surface area is 196 Å². The molecule has 1 aromatic carbocycles. The zero-order valence-electron chi connectivity index (χ0n) is 18.9. The molecule has 0 amide bonds. The number of aromatic nitrogens is 7. The average Bonchev–Trinajstić information content (AvgIpc) is 3.53. The summed E-state index contributed by atoms with van der Waals surface area (Å²) in [6, 6.07) is 8.10. The molecule has 0 N–H and O–H groups in total. The number of hydrogen-bond acceptors (Lipinski definition) is 8. The van der Waals surface area contributed by atoms with Crippen LogP contribution in [0.2, 0.25) is 5.02 Å². The summed E-state index contributed by atoms with van der Waals surface area (Å²) in [5.74, 6) is 2.42. The highest BCUT2D eigenvalue weighted by Crippen LogP contribution is 2.41. The molecule has 0 radical (unpaired) electrons. The normalized spacial score (nSPS) is 16.2. The summed E-state index contributed by atoms with van der Waals surface area (Å²) in [7, 11) is 1.86. The molecule has 0 saturated carbocycles. The molecule has 5 rings (SSSR count). The van der Waals surface area contributed by atoms with Gasteiger partial charge in [-0.05, 0) is 59.9 Å². The van der Waals surface area contributed by atoms with Gasteiger partial charge in [0.1, 0.15) is 5.02 Å². The largest absolute Gasteiger partial charge is 0.474 e. The van der Waals surface area contributed by atoms with Crippen LogP contribution in [-0.2, 0) is 13.5 Å². The van der Waals surface area contributed by atoms with Crippen LogP contribution in [0, 0.1) is 0 Å². The van der Waals surface area contributed by atoms with Crippen molar-refractivity contribution >= 4 is 11.6 Å². The van der Waals surface area contributed by atoms with Crippen LogP contribution in [0.25, 0.3) is 11.5 Å². The third-order valence-corrected chi connectivity index (χ3v) is 6.24. The lowest BCUT2D eigenvalue weighted by Gasteiger charge is -2.15. The van der Waals surface area contributed by atoms with Crippen LogP contribution in [0.3, 0.4) is 0 Å². The van der Waals surface area contributed by atoms with Crippen LogP contribution in [0.1, 0.15) is 67.4 Å². The number of hydrogen-bond donors (Lipinski definition) is 0. The van der Waals surface area contributed by atoms with E-state index in [1.807, 2.05) is 20.9 Å². The second-order valence-electron chi connectivity index (χ2n) is 8.52. The fourth-order valence-corrected chi connectivity index (χ4v) is 4.66. The Morgan fingerprint density at radius 2 is 2.09 bits per heavy atom. The molecular weight excluding hydrogens is 442 g/mol. The van der Waals surface area contributed by atoms with Gasteiger partial charge in [0.15, 0.2) is 11.6 Å². The molecule has 9 nitrogen and oxygen atoms in total. The van der Waals surface area contributed by atoms with Gasteiger partial charge in [-0.25, -0.2) is 9.67 Å². The predicted octanol–water partition coefficient (Wildman–Crippen LogP) is 4.33. The van der Waals surface area contributed by atoms with Crippen molar-refractivity contribution in [3.05, 3.63) is 63.8 Å². The van der Waals surface area contributed by atoms with Crippen molar-refractivity contribution in [3.63, 3.8) is 0 Å². The van der Waals surface area contributed by atoms with E-state index in [0.29, 0.717) is 28.2 Å². The van der Waals surface area contributed by atoms with Crippen molar-refractivity contribution in [2.75, 3.05) is 0 Å². The van der Waals surface area contributed by atoms with Crippen molar-refractivity contribution < 1.29 is 9.26 Å². The Morgan fingerprint density at radius 1 is 1.24 bits per heavy atom. The van der Waals surface area contributed by atoms with Crippen LogP contribution >= 0.6 is 11.6 Å². The minimum atomic E-state index is -0.0177. The first kappa shape index (κ1) is 21.5. The molecule has 0 fully saturated rings. The third-order valence-electron chi connectivity index (χ3n) is 5.97. The van der Waals surface area contributed by atoms with Crippen molar-refractivity contribution in [2.45, 2.75) is 51.6 Å². The summed E-state index contributed by atoms with van der Waals surface area (Å²) in [4.78, 5) is 8.98. The van der Waals surface area contributed by atoms with Gasteiger partial charge in [0.25, 0.3) is 5.89 Å². The van der Waals surface area contributed by atoms with Gasteiger partial charge in [-0.15, -0.1) is 5.10 Å². The summed E-state index contributed by atoms with van der Waals surface area (Å²) in [6.45, 7) is 5.97. The monoisotopic (exact) mass is 465 g/mol. The molecule has 0 saturated heterocycles. The van der Waals surface area contributed by atoms with Gasteiger partial charge >= 0.3 is 0 Å². The first-order valence-corrected chi connectivity index (χ1v) is 11.3. The molecule has 1 aliphatic carbocycles. The highest BCUT2D eigenvalue weighted by atomic mass is 35.5. The number of rotatable bonds is 6. The summed E-state index contributed by atoms with van der Waals surface area (Å²) in [5.41, 5.74) is 4.42. The van der Waals surface area contributed by atoms with Crippen molar-refractivity contribution in [3.8, 4) is 17.3 Å². The van der Waals surface area contributed by atoms with Gasteiger partial charge in [-0.3, -0.25) is 0 Å². The Balaban J connectivity index is 1.43. The summed E-state index contributed by atoms with van der Waals surface area (Å²) in [6.07, 6.45) is 3.47. The Kier molecular flexibility index (Phi) is 5.57. The van der Waals surface area contributed by atoms with Crippen LogP contribution in [0.15, 0.2) is 35.0 Å². The van der Waals surface area contributed by atoms with Crippen LogP contribution < -0.4 is 4.74 Å². The first-order chi connectivity index (χ1) is 15.9. The molecule has 0 unspecified atom stereocenters. The van der Waals surface area contributed by atoms with Gasteiger partial charge in [-0.1, -0.05) is 41.9 Å². The van der Waals surface area contributed by atoms with E-state index < -0.39 is 0 Å². The minimum Gasteiger partial charge on any atom is -0.474 e. The number of halogens is 1. The maximum atomic E-state index is 6.33. The van der Waals surface area contributed by atoms with Crippen LogP contribution in [0.5, 0.6) is 5.88 Å². The molecule has 3 heterocycles. The van der Waals surface area contributed by atoms with E-state index in [0.717, 1.165) is 18.7 Å². The number of fused-ring (bicyclic) bond motifs is 1. The maximum absolute atomic E-state index is 6.33. The number of ether oxygens (including phenoxy) is 1. The molecular formula is C23H24ClN7O2. The minimum absolute atomic E-state index is 0.0177. The molecule has 10 heteroatoms. The summed E-state index contributed by atoms with van der Waals surface area (Å²) >= 11 is 6.33. The van der Waals surface area contributed by atoms with Gasteiger partial charge < -0.3 is 9.26 Å². The predicted molar refractivity (Wildman–Crippen MR) is 121 cm³/mol. The highest BCUT2D eigenvalue weighted by molar-refractivity contribution is 6.32. The summed E-state index contributed by atoms with van der Waals surface area (Å²) < 4.78 is 12.9. The Hall–Kier alpha value is -3.33. The zero-order chi connectivity index (χ0) is 23.1. The molecule has 2 atom stereocenters. The molecule has 1 aliphatic rings. The molecule has 33 heavy (non-hydrogen) atoms. The molecule has 170 valence electrons. The van der Waals surface area contributed by atoms with Gasteiger partial charge in [0.05, 0.1) is 11.7 Å². The Morgan fingerprint density at radius 3 is 2.82 bits per heavy atom. The van der Waals surface area contributed by atoms with E-state index in [-0.39, 0.29) is 17.9 Å². The number of nitrogens with zero attached hydrogens (tertiary/aromatic N) is 7. The lowest BCUT2D eigenvalue weighted by Crippen LogP contribution is -2.08. The molecule has 0 spiro atoms. The highest BCUT2D eigenvalue weighted by Gasteiger charge is 2.31. The van der Waals surface area contributed by atoms with E-state index in [2.05, 4.69) is 55.8 Å². The van der Waals surface area contributed by atoms with Crippen molar-refractivity contribution in [1.82, 2.24) is 35.3 Å². The van der Waals surface area contributed by atoms with Gasteiger partial charge in [0.2, 0.25) is 5.88 Å². The van der Waals surface area contributed by atoms with E-state index in [9.17, 15) is 0 Å². The smallest absolute Gasteiger partial charge is 0.259 e.